The molecule has 3 aromatic rings. The van der Waals surface area contributed by atoms with Crippen LogP contribution in [0, 0.1) is 5.92 Å². The molecule has 1 aromatic heterocycles. The molecule has 0 aliphatic rings. The number of carbonyl (C=O) groups is 2. The van der Waals surface area contributed by atoms with E-state index in [1.54, 1.807) is 31.3 Å². The quantitative estimate of drug-likeness (QED) is 0.477. The van der Waals surface area contributed by atoms with E-state index in [4.69, 9.17) is 4.74 Å². The molecule has 0 radical (unpaired) electrons. The molecule has 3 rings (SSSR count). The van der Waals surface area contributed by atoms with Crippen molar-refractivity contribution in [2.45, 2.75) is 26.9 Å². The zero-order chi connectivity index (χ0) is 22.5. The van der Waals surface area contributed by atoms with E-state index in [-0.39, 0.29) is 23.1 Å². The zero-order valence-electron chi connectivity index (χ0n) is 17.7. The van der Waals surface area contributed by atoms with E-state index < -0.39 is 12.6 Å². The Kier molecular flexibility index (Phi) is 7.22. The molecule has 0 aliphatic heterocycles. The van der Waals surface area contributed by atoms with Crippen molar-refractivity contribution in [2.24, 2.45) is 5.92 Å². The van der Waals surface area contributed by atoms with Crippen LogP contribution in [-0.4, -0.2) is 40.2 Å². The van der Waals surface area contributed by atoms with Gasteiger partial charge in [-0.25, -0.2) is 9.48 Å². The third-order valence-corrected chi connectivity index (χ3v) is 5.49. The number of benzene rings is 2. The Morgan fingerprint density at radius 1 is 1.10 bits per heavy atom. The van der Waals surface area contributed by atoms with E-state index in [9.17, 15) is 14.4 Å². The lowest BCUT2D eigenvalue weighted by atomic mass is 10.1. The van der Waals surface area contributed by atoms with Gasteiger partial charge in [0, 0.05) is 30.0 Å². The number of hydrogen-bond donors (Lipinski definition) is 0. The van der Waals surface area contributed by atoms with Crippen molar-refractivity contribution in [1.82, 2.24) is 14.7 Å². The molecular weight excluding hydrogens is 462 g/mol. The van der Waals surface area contributed by atoms with Crippen molar-refractivity contribution >= 4 is 38.6 Å². The van der Waals surface area contributed by atoms with Crippen molar-refractivity contribution in [2.75, 3.05) is 13.7 Å². The predicted molar refractivity (Wildman–Crippen MR) is 122 cm³/mol. The number of likely N-dealkylation sites (N-methyl/N-ethyl adjacent to an activating group) is 1. The lowest BCUT2D eigenvalue weighted by molar-refractivity contribution is -0.133. The molecule has 0 bridgehead atoms. The smallest absolute Gasteiger partial charge is 0.359 e. The van der Waals surface area contributed by atoms with Crippen molar-refractivity contribution in [1.29, 1.82) is 0 Å². The molecular formula is C23H24BrN3O4. The summed E-state index contributed by atoms with van der Waals surface area (Å²) in [4.78, 5) is 39.4. The van der Waals surface area contributed by atoms with Gasteiger partial charge in [0.15, 0.2) is 12.3 Å². The minimum absolute atomic E-state index is 0.0251. The maximum Gasteiger partial charge on any atom is 0.359 e. The monoisotopic (exact) mass is 485 g/mol. The van der Waals surface area contributed by atoms with Gasteiger partial charge in [0.25, 0.3) is 11.5 Å². The molecule has 1 amide bonds. The van der Waals surface area contributed by atoms with Crippen LogP contribution < -0.4 is 5.56 Å². The minimum atomic E-state index is -0.739. The molecule has 0 saturated carbocycles. The van der Waals surface area contributed by atoms with Gasteiger partial charge >= 0.3 is 5.97 Å². The second kappa shape index (κ2) is 9.87. The SMILES string of the molecule is CC(C)Cn1nc(C(=O)OCC(=O)N(C)Cc2ccccc2Br)c2ccccc2c1=O. The Bertz CT molecular complexity index is 1170. The summed E-state index contributed by atoms with van der Waals surface area (Å²) in [6.45, 7) is 4.25. The molecule has 2 aromatic carbocycles. The average Bonchev–Trinajstić information content (AvgIpc) is 2.75. The van der Waals surface area contributed by atoms with Crippen LogP contribution in [0.15, 0.2) is 57.8 Å². The van der Waals surface area contributed by atoms with Gasteiger partial charge < -0.3 is 9.64 Å². The Morgan fingerprint density at radius 2 is 1.74 bits per heavy atom. The Balaban J connectivity index is 1.77. The number of halogens is 1. The summed E-state index contributed by atoms with van der Waals surface area (Å²) in [5.41, 5.74) is 0.709. The number of esters is 1. The number of nitrogens with zero attached hydrogens (tertiary/aromatic N) is 3. The highest BCUT2D eigenvalue weighted by atomic mass is 79.9. The van der Waals surface area contributed by atoms with Gasteiger partial charge in [-0.1, -0.05) is 66.2 Å². The highest BCUT2D eigenvalue weighted by Crippen LogP contribution is 2.18. The molecule has 0 fully saturated rings. The van der Waals surface area contributed by atoms with Gasteiger partial charge in [0.05, 0.1) is 5.39 Å². The lowest BCUT2D eigenvalue weighted by Gasteiger charge is -2.18. The summed E-state index contributed by atoms with van der Waals surface area (Å²) < 4.78 is 7.45. The van der Waals surface area contributed by atoms with E-state index >= 15 is 0 Å². The topological polar surface area (TPSA) is 81.5 Å². The van der Waals surface area contributed by atoms with Gasteiger partial charge in [0.2, 0.25) is 0 Å². The van der Waals surface area contributed by atoms with Crippen molar-refractivity contribution in [3.63, 3.8) is 0 Å². The van der Waals surface area contributed by atoms with Crippen LogP contribution in [0.4, 0.5) is 0 Å². The van der Waals surface area contributed by atoms with E-state index in [1.165, 1.54) is 9.58 Å². The normalized spacial score (nSPS) is 11.0. The van der Waals surface area contributed by atoms with Crippen molar-refractivity contribution < 1.29 is 14.3 Å². The molecule has 162 valence electrons. The van der Waals surface area contributed by atoms with Gasteiger partial charge in [0.1, 0.15) is 0 Å². The summed E-state index contributed by atoms with van der Waals surface area (Å²) in [7, 11) is 1.64. The molecule has 0 unspecified atom stereocenters. The van der Waals surface area contributed by atoms with Crippen LogP contribution in [0.3, 0.4) is 0 Å². The van der Waals surface area contributed by atoms with Gasteiger partial charge in [-0.05, 0) is 23.6 Å². The fourth-order valence-corrected chi connectivity index (χ4v) is 3.54. The number of rotatable bonds is 7. The van der Waals surface area contributed by atoms with E-state index in [0.717, 1.165) is 10.0 Å². The van der Waals surface area contributed by atoms with Crippen LogP contribution >= 0.6 is 15.9 Å². The molecule has 0 spiro atoms. The summed E-state index contributed by atoms with van der Waals surface area (Å²) in [6, 6.07) is 14.4. The van der Waals surface area contributed by atoms with Crippen LogP contribution in [0.2, 0.25) is 0 Å². The minimum Gasteiger partial charge on any atom is -0.451 e. The number of aromatic nitrogens is 2. The van der Waals surface area contributed by atoms with Gasteiger partial charge in [-0.15, -0.1) is 0 Å². The summed E-state index contributed by atoms with van der Waals surface area (Å²) in [5, 5.41) is 5.04. The summed E-state index contributed by atoms with van der Waals surface area (Å²) >= 11 is 3.46. The third-order valence-electron chi connectivity index (χ3n) is 4.72. The second-order valence-electron chi connectivity index (χ2n) is 7.69. The number of carbonyl (C=O) groups excluding carboxylic acids is 2. The van der Waals surface area contributed by atoms with Crippen molar-refractivity contribution in [3.8, 4) is 0 Å². The van der Waals surface area contributed by atoms with Crippen LogP contribution in [0.1, 0.15) is 29.9 Å². The first kappa shape index (κ1) is 22.7. The average molecular weight is 486 g/mol. The Morgan fingerprint density at radius 3 is 2.42 bits per heavy atom. The van der Waals surface area contributed by atoms with E-state index in [1.807, 2.05) is 38.1 Å². The highest BCUT2D eigenvalue weighted by Gasteiger charge is 2.20. The molecule has 0 aliphatic carbocycles. The zero-order valence-corrected chi connectivity index (χ0v) is 19.3. The fourth-order valence-electron chi connectivity index (χ4n) is 3.13. The molecule has 1 heterocycles. The predicted octanol–water partition coefficient (Wildman–Crippen LogP) is 3.63. The summed E-state index contributed by atoms with van der Waals surface area (Å²) in [6.07, 6.45) is 0. The fraction of sp³-hybridized carbons (Fsp3) is 0.304. The Labute approximate surface area is 188 Å². The lowest BCUT2D eigenvalue weighted by Crippen LogP contribution is -2.32. The van der Waals surface area contributed by atoms with Crippen LogP contribution in [0.5, 0.6) is 0 Å². The number of ether oxygens (including phenoxy) is 1. The standard InChI is InChI=1S/C23H24BrN3O4/c1-15(2)12-27-22(29)18-10-6-5-9-17(18)21(25-27)23(30)31-14-20(28)26(3)13-16-8-4-7-11-19(16)24/h4-11,15H,12-14H2,1-3H3. The largest absolute Gasteiger partial charge is 0.451 e. The summed E-state index contributed by atoms with van der Waals surface area (Å²) in [5.74, 6) is -0.914. The molecule has 0 saturated heterocycles. The van der Waals surface area contributed by atoms with E-state index in [2.05, 4.69) is 21.0 Å². The first-order chi connectivity index (χ1) is 14.8. The second-order valence-corrected chi connectivity index (χ2v) is 8.55. The first-order valence-corrected chi connectivity index (χ1v) is 10.7. The molecule has 0 N–H and O–H groups in total. The maximum absolute atomic E-state index is 12.8. The molecule has 31 heavy (non-hydrogen) atoms. The maximum atomic E-state index is 12.8. The number of amides is 1. The first-order valence-electron chi connectivity index (χ1n) is 9.92. The molecule has 0 atom stereocenters. The van der Waals surface area contributed by atoms with Gasteiger partial charge in [-0.3, -0.25) is 9.59 Å². The van der Waals surface area contributed by atoms with Gasteiger partial charge in [-0.2, -0.15) is 5.10 Å². The van der Waals surface area contributed by atoms with E-state index in [0.29, 0.717) is 23.9 Å². The number of fused-ring (bicyclic) bond motifs is 1. The molecule has 7 nitrogen and oxygen atoms in total. The van der Waals surface area contributed by atoms with Crippen molar-refractivity contribution in [3.05, 3.63) is 74.6 Å². The highest BCUT2D eigenvalue weighted by molar-refractivity contribution is 9.10. The molecule has 8 heteroatoms. The van der Waals surface area contributed by atoms with Crippen LogP contribution in [0.25, 0.3) is 10.8 Å². The van der Waals surface area contributed by atoms with Crippen LogP contribution in [-0.2, 0) is 22.6 Å². The third kappa shape index (κ3) is 5.38. The Hall–Kier alpha value is -3.00. The number of hydrogen-bond acceptors (Lipinski definition) is 5.